The van der Waals surface area contributed by atoms with Crippen molar-refractivity contribution in [2.75, 3.05) is 19.8 Å². The van der Waals surface area contributed by atoms with Crippen LogP contribution in [0.5, 0.6) is 5.75 Å². The van der Waals surface area contributed by atoms with Gasteiger partial charge in [0.1, 0.15) is 0 Å². The Morgan fingerprint density at radius 2 is 1.43 bits per heavy atom. The van der Waals surface area contributed by atoms with E-state index in [4.69, 9.17) is 14.2 Å². The van der Waals surface area contributed by atoms with Crippen molar-refractivity contribution in [2.45, 2.75) is 129 Å². The van der Waals surface area contributed by atoms with Crippen molar-refractivity contribution in [1.82, 2.24) is 4.98 Å². The fraction of sp³-hybridized carbons (Fsp3) is 0.686. The summed E-state index contributed by atoms with van der Waals surface area (Å²) in [6.07, 6.45) is 22.6. The minimum atomic E-state index is -0.332. The minimum absolute atomic E-state index is 0.132. The normalized spacial score (nSPS) is 17.3. The molecular weight excluding hydrogens is 501 g/mol. The van der Waals surface area contributed by atoms with E-state index in [1.807, 2.05) is 18.3 Å². The zero-order valence-electron chi connectivity index (χ0n) is 25.3. The maximum absolute atomic E-state index is 14.6. The summed E-state index contributed by atoms with van der Waals surface area (Å²) in [7, 11) is 0. The summed E-state index contributed by atoms with van der Waals surface area (Å²) >= 11 is 0. The molecule has 0 atom stereocenters. The van der Waals surface area contributed by atoms with Crippen LogP contribution in [-0.2, 0) is 15.9 Å². The molecule has 0 bridgehead atoms. The fourth-order valence-corrected chi connectivity index (χ4v) is 5.35. The summed E-state index contributed by atoms with van der Waals surface area (Å²) in [5.41, 5.74) is 2.66. The highest BCUT2D eigenvalue weighted by molar-refractivity contribution is 5.60. The quantitative estimate of drug-likeness (QED) is 0.144. The number of ether oxygens (including phenoxy) is 3. The van der Waals surface area contributed by atoms with Gasteiger partial charge < -0.3 is 14.2 Å². The first-order valence-electron chi connectivity index (χ1n) is 16.3. The second-order valence-electron chi connectivity index (χ2n) is 11.6. The number of halogens is 1. The summed E-state index contributed by atoms with van der Waals surface area (Å²) in [5, 5.41) is 0. The van der Waals surface area contributed by atoms with Crippen LogP contribution in [0.4, 0.5) is 4.39 Å². The summed E-state index contributed by atoms with van der Waals surface area (Å²) in [5.74, 6) is 0.521. The number of pyridine rings is 1. The first kappa shape index (κ1) is 32.5. The number of hydrogen-bond donors (Lipinski definition) is 0. The van der Waals surface area contributed by atoms with Gasteiger partial charge in [0.25, 0.3) is 0 Å². The number of nitrogens with zero attached hydrogens (tertiary/aromatic N) is 1. The largest absolute Gasteiger partial charge is 0.491 e. The molecule has 3 rings (SSSR count). The second-order valence-corrected chi connectivity index (χ2v) is 11.6. The van der Waals surface area contributed by atoms with Gasteiger partial charge >= 0.3 is 0 Å². The fourth-order valence-electron chi connectivity index (χ4n) is 5.35. The first-order valence-corrected chi connectivity index (χ1v) is 16.3. The minimum Gasteiger partial charge on any atom is -0.491 e. The topological polar surface area (TPSA) is 40.6 Å². The highest BCUT2D eigenvalue weighted by Crippen LogP contribution is 2.26. The Morgan fingerprint density at radius 3 is 2.05 bits per heavy atom. The molecule has 1 aliphatic heterocycles. The first-order chi connectivity index (χ1) is 19.7. The maximum atomic E-state index is 14.6. The van der Waals surface area contributed by atoms with Crippen molar-refractivity contribution in [1.29, 1.82) is 0 Å². The lowest BCUT2D eigenvalue weighted by Crippen LogP contribution is -2.32. The zero-order valence-corrected chi connectivity index (χ0v) is 25.3. The molecule has 4 nitrogen and oxygen atoms in total. The molecule has 2 aromatic rings. The summed E-state index contributed by atoms with van der Waals surface area (Å²) in [4.78, 5) is 4.59. The van der Waals surface area contributed by atoms with Crippen molar-refractivity contribution in [2.24, 2.45) is 5.92 Å². The van der Waals surface area contributed by atoms with E-state index in [1.54, 1.807) is 6.07 Å². The molecule has 0 spiro atoms. The van der Waals surface area contributed by atoms with Crippen LogP contribution in [-0.4, -0.2) is 31.1 Å². The lowest BCUT2D eigenvalue weighted by molar-refractivity contribution is -0.203. The van der Waals surface area contributed by atoms with Gasteiger partial charge in [-0.25, -0.2) is 4.39 Å². The summed E-state index contributed by atoms with van der Waals surface area (Å²) in [6, 6.07) is 9.15. The molecule has 0 amide bonds. The molecule has 40 heavy (non-hydrogen) atoms. The highest BCUT2D eigenvalue weighted by Gasteiger charge is 2.21. The van der Waals surface area contributed by atoms with Gasteiger partial charge in [-0.1, -0.05) is 103 Å². The Balaban J connectivity index is 1.29. The Bertz CT molecular complexity index is 911. The molecule has 1 aliphatic rings. The van der Waals surface area contributed by atoms with E-state index in [9.17, 15) is 4.39 Å². The number of benzene rings is 1. The molecule has 1 fully saturated rings. The third kappa shape index (κ3) is 12.7. The summed E-state index contributed by atoms with van der Waals surface area (Å²) in [6.45, 7) is 6.66. The average Bonchev–Trinajstić information content (AvgIpc) is 2.98. The molecule has 224 valence electrons. The molecule has 5 heteroatoms. The predicted octanol–water partition coefficient (Wildman–Crippen LogP) is 10.1. The van der Waals surface area contributed by atoms with Gasteiger partial charge in [0, 0.05) is 24.1 Å². The molecule has 1 aromatic carbocycles. The third-order valence-corrected chi connectivity index (χ3v) is 7.98. The van der Waals surface area contributed by atoms with Crippen LogP contribution in [0.3, 0.4) is 0 Å². The molecule has 0 N–H and O–H groups in total. The van der Waals surface area contributed by atoms with Crippen molar-refractivity contribution in [3.63, 3.8) is 0 Å². The van der Waals surface area contributed by atoms with Crippen molar-refractivity contribution >= 4 is 0 Å². The monoisotopic (exact) mass is 555 g/mol. The Morgan fingerprint density at radius 1 is 0.775 bits per heavy atom. The van der Waals surface area contributed by atoms with Crippen LogP contribution in [0, 0.1) is 11.7 Å². The van der Waals surface area contributed by atoms with E-state index >= 15 is 0 Å². The van der Waals surface area contributed by atoms with Crippen LogP contribution < -0.4 is 4.74 Å². The van der Waals surface area contributed by atoms with E-state index in [1.165, 1.54) is 89.5 Å². The second kappa shape index (κ2) is 20.0. The highest BCUT2D eigenvalue weighted by atomic mass is 19.1. The van der Waals surface area contributed by atoms with E-state index in [2.05, 4.69) is 24.9 Å². The van der Waals surface area contributed by atoms with E-state index < -0.39 is 0 Å². The van der Waals surface area contributed by atoms with E-state index in [0.717, 1.165) is 55.7 Å². The molecule has 1 aromatic heterocycles. The van der Waals surface area contributed by atoms with Crippen molar-refractivity contribution in [3.05, 3.63) is 47.9 Å². The van der Waals surface area contributed by atoms with Crippen LogP contribution in [0.2, 0.25) is 0 Å². The van der Waals surface area contributed by atoms with Gasteiger partial charge in [0.2, 0.25) is 0 Å². The van der Waals surface area contributed by atoms with Gasteiger partial charge in [-0.05, 0) is 49.1 Å². The zero-order chi connectivity index (χ0) is 28.3. The third-order valence-electron chi connectivity index (χ3n) is 7.98. The number of hydrogen-bond acceptors (Lipinski definition) is 4. The van der Waals surface area contributed by atoms with Crippen LogP contribution in [0.1, 0.15) is 122 Å². The van der Waals surface area contributed by atoms with Gasteiger partial charge in [0.15, 0.2) is 17.9 Å². The smallest absolute Gasteiger partial charge is 0.165 e. The molecule has 0 saturated carbocycles. The molecular formula is C35H54FNO3. The van der Waals surface area contributed by atoms with Crippen LogP contribution >= 0.6 is 0 Å². The van der Waals surface area contributed by atoms with E-state index in [0.29, 0.717) is 18.3 Å². The maximum Gasteiger partial charge on any atom is 0.165 e. The van der Waals surface area contributed by atoms with Crippen molar-refractivity contribution in [3.8, 4) is 17.0 Å². The van der Waals surface area contributed by atoms with E-state index in [-0.39, 0.29) is 12.1 Å². The number of rotatable bonds is 21. The van der Waals surface area contributed by atoms with Crippen LogP contribution in [0.15, 0.2) is 36.5 Å². The lowest BCUT2D eigenvalue weighted by Gasteiger charge is -2.29. The SMILES string of the molecule is CCCCCCCCCC[C@H]1CO[C@H](CCc2ccc(-c3ccc(OCCCCCCCC)c(F)c3)nc2)OC1. The average molecular weight is 556 g/mol. The number of aryl methyl sites for hydroxylation is 1. The Kier molecular flexibility index (Phi) is 16.3. The van der Waals surface area contributed by atoms with Crippen LogP contribution in [0.25, 0.3) is 11.3 Å². The molecule has 1 saturated heterocycles. The Hall–Kier alpha value is -1.98. The van der Waals surface area contributed by atoms with Crippen molar-refractivity contribution < 1.29 is 18.6 Å². The lowest BCUT2D eigenvalue weighted by atomic mass is 10.0. The molecule has 0 aliphatic carbocycles. The molecule has 0 radical (unpaired) electrons. The van der Waals surface area contributed by atoms with Gasteiger partial charge in [-0.15, -0.1) is 0 Å². The Labute approximate surface area is 243 Å². The van der Waals surface area contributed by atoms with Gasteiger partial charge in [-0.3, -0.25) is 4.98 Å². The van der Waals surface area contributed by atoms with Gasteiger partial charge in [0.05, 0.1) is 25.5 Å². The summed E-state index contributed by atoms with van der Waals surface area (Å²) < 4.78 is 32.3. The molecule has 2 heterocycles. The number of aromatic nitrogens is 1. The molecule has 0 unspecified atom stereocenters. The standard InChI is InChI=1S/C35H54FNO3/c1-3-5-7-9-11-12-13-15-17-30-27-39-35(40-28-30)23-19-29-18-21-33(37-26-29)31-20-22-34(32(36)25-31)38-24-16-14-10-8-6-4-2/h18,20-22,25-26,30,35H,3-17,19,23-24,27-28H2,1-2H3/t30-,35-. The number of unbranched alkanes of at least 4 members (excludes halogenated alkanes) is 12. The van der Waals surface area contributed by atoms with Gasteiger partial charge in [-0.2, -0.15) is 0 Å². The predicted molar refractivity (Wildman–Crippen MR) is 163 cm³/mol.